The highest BCUT2D eigenvalue weighted by Crippen LogP contribution is 2.33. The number of hydrogen-bond acceptors (Lipinski definition) is 2. The van der Waals surface area contributed by atoms with Crippen molar-refractivity contribution in [1.82, 2.24) is 4.90 Å². The molecular formula is C20H19NO3. The van der Waals surface area contributed by atoms with Crippen molar-refractivity contribution in [2.45, 2.75) is 24.9 Å². The molecule has 4 nitrogen and oxygen atoms in total. The number of carboxylic acid groups (broad SMARTS) is 1. The summed E-state index contributed by atoms with van der Waals surface area (Å²) >= 11 is 0. The third-order valence-electron chi connectivity index (χ3n) is 4.41. The predicted octanol–water partition coefficient (Wildman–Crippen LogP) is 3.15. The van der Waals surface area contributed by atoms with Crippen molar-refractivity contribution in [2.75, 3.05) is 0 Å². The first-order chi connectivity index (χ1) is 11.5. The van der Waals surface area contributed by atoms with Crippen molar-refractivity contribution >= 4 is 11.9 Å². The second kappa shape index (κ2) is 6.32. The zero-order valence-electron chi connectivity index (χ0n) is 13.4. The Morgan fingerprint density at radius 1 is 1.04 bits per heavy atom. The largest absolute Gasteiger partial charge is 0.479 e. The fourth-order valence-corrected chi connectivity index (χ4v) is 3.22. The Morgan fingerprint density at radius 3 is 2.21 bits per heavy atom. The van der Waals surface area contributed by atoms with Gasteiger partial charge in [-0.05, 0) is 30.7 Å². The third kappa shape index (κ3) is 2.71. The molecule has 2 atom stereocenters. The van der Waals surface area contributed by atoms with Crippen LogP contribution in [-0.2, 0) is 11.2 Å². The molecule has 0 radical (unpaired) electrons. The normalized spacial score (nSPS) is 22.5. The monoisotopic (exact) mass is 321 g/mol. The first-order valence-electron chi connectivity index (χ1n) is 7.90. The molecule has 4 heteroatoms. The van der Waals surface area contributed by atoms with Crippen LogP contribution >= 0.6 is 0 Å². The van der Waals surface area contributed by atoms with Gasteiger partial charge in [-0.3, -0.25) is 4.79 Å². The lowest BCUT2D eigenvalue weighted by atomic mass is 9.89. The van der Waals surface area contributed by atoms with Crippen LogP contribution in [0.5, 0.6) is 0 Å². The Kier molecular flexibility index (Phi) is 4.21. The van der Waals surface area contributed by atoms with Crippen molar-refractivity contribution in [3.63, 3.8) is 0 Å². The van der Waals surface area contributed by atoms with Gasteiger partial charge in [-0.1, -0.05) is 54.6 Å². The average molecular weight is 321 g/mol. The molecule has 1 aliphatic heterocycles. The minimum Gasteiger partial charge on any atom is -0.479 e. The molecule has 1 aliphatic rings. The molecule has 1 N–H and O–H groups in total. The summed E-state index contributed by atoms with van der Waals surface area (Å²) < 4.78 is 0. The van der Waals surface area contributed by atoms with E-state index in [1.807, 2.05) is 43.3 Å². The van der Waals surface area contributed by atoms with Crippen LogP contribution in [0.1, 0.15) is 22.8 Å². The average Bonchev–Trinajstić information content (AvgIpc) is 2.93. The molecule has 0 unspecified atom stereocenters. The number of carboxylic acids is 1. The van der Waals surface area contributed by atoms with E-state index in [-0.39, 0.29) is 18.4 Å². The van der Waals surface area contributed by atoms with Gasteiger partial charge in [0, 0.05) is 18.0 Å². The second-order valence-electron chi connectivity index (χ2n) is 6.03. The Hall–Kier alpha value is -2.88. The number of carbonyl (C=O) groups excluding carboxylic acids is 1. The summed E-state index contributed by atoms with van der Waals surface area (Å²) in [6, 6.07) is 17.9. The lowest BCUT2D eigenvalue weighted by molar-refractivity contribution is -0.146. The van der Waals surface area contributed by atoms with E-state index < -0.39 is 11.5 Å². The van der Waals surface area contributed by atoms with Crippen LogP contribution in [0.3, 0.4) is 0 Å². The van der Waals surface area contributed by atoms with Gasteiger partial charge in [0.25, 0.3) is 5.91 Å². The Balaban J connectivity index is 2.02. The van der Waals surface area contributed by atoms with Gasteiger partial charge in [0.1, 0.15) is 0 Å². The van der Waals surface area contributed by atoms with E-state index in [1.54, 1.807) is 36.4 Å². The highest BCUT2D eigenvalue weighted by Gasteiger charge is 2.49. The first-order valence-corrected chi connectivity index (χ1v) is 7.90. The zero-order chi connectivity index (χ0) is 17.2. The summed E-state index contributed by atoms with van der Waals surface area (Å²) in [6.07, 6.45) is 3.67. The van der Waals surface area contributed by atoms with Crippen LogP contribution in [-0.4, -0.2) is 33.5 Å². The molecule has 1 amide bonds. The Bertz CT molecular complexity index is 770. The number of nitrogens with zero attached hydrogens (tertiary/aromatic N) is 1. The molecule has 122 valence electrons. The molecule has 24 heavy (non-hydrogen) atoms. The van der Waals surface area contributed by atoms with Crippen LogP contribution in [0.2, 0.25) is 0 Å². The molecule has 0 spiro atoms. The number of aliphatic carboxylic acids is 1. The molecular weight excluding hydrogens is 302 g/mol. The van der Waals surface area contributed by atoms with Crippen LogP contribution in [0.25, 0.3) is 0 Å². The fraction of sp³-hybridized carbons (Fsp3) is 0.200. The number of hydrogen-bond donors (Lipinski definition) is 1. The van der Waals surface area contributed by atoms with E-state index in [1.165, 1.54) is 4.90 Å². The molecule has 0 fully saturated rings. The SMILES string of the molecule is C[C@@H]1C=C[C@](Cc2ccccc2)(C(=O)O)N1C(=O)c1ccccc1. The van der Waals surface area contributed by atoms with E-state index in [0.717, 1.165) is 5.56 Å². The van der Waals surface area contributed by atoms with E-state index >= 15 is 0 Å². The summed E-state index contributed by atoms with van der Waals surface area (Å²) in [6.45, 7) is 1.84. The zero-order valence-corrected chi connectivity index (χ0v) is 13.4. The summed E-state index contributed by atoms with van der Waals surface area (Å²) in [7, 11) is 0. The van der Waals surface area contributed by atoms with Crippen molar-refractivity contribution in [2.24, 2.45) is 0 Å². The third-order valence-corrected chi connectivity index (χ3v) is 4.41. The molecule has 2 aromatic carbocycles. The standard InChI is InChI=1S/C20H19NO3/c1-15-12-13-20(19(23)24,14-16-8-4-2-5-9-16)21(15)18(22)17-10-6-3-7-11-17/h2-13,15H,14H2,1H3,(H,23,24)/t15-,20+/m1/s1. The molecule has 0 bridgehead atoms. The van der Waals surface area contributed by atoms with E-state index in [4.69, 9.17) is 0 Å². The summed E-state index contributed by atoms with van der Waals surface area (Å²) in [5.74, 6) is -1.29. The van der Waals surface area contributed by atoms with Gasteiger partial charge in [-0.25, -0.2) is 4.79 Å². The second-order valence-corrected chi connectivity index (χ2v) is 6.03. The van der Waals surface area contributed by atoms with Gasteiger partial charge in [0.15, 0.2) is 5.54 Å². The Morgan fingerprint density at radius 2 is 1.62 bits per heavy atom. The predicted molar refractivity (Wildman–Crippen MR) is 91.7 cm³/mol. The quantitative estimate of drug-likeness (QED) is 0.880. The lowest BCUT2D eigenvalue weighted by Crippen LogP contribution is -2.57. The molecule has 0 aromatic heterocycles. The van der Waals surface area contributed by atoms with Crippen molar-refractivity contribution in [3.05, 3.63) is 83.9 Å². The molecule has 0 aliphatic carbocycles. The molecule has 0 saturated carbocycles. The van der Waals surface area contributed by atoms with Gasteiger partial charge in [0.05, 0.1) is 0 Å². The highest BCUT2D eigenvalue weighted by molar-refractivity contribution is 5.99. The number of carbonyl (C=O) groups is 2. The minimum absolute atomic E-state index is 0.239. The lowest BCUT2D eigenvalue weighted by Gasteiger charge is -2.37. The van der Waals surface area contributed by atoms with Gasteiger partial charge < -0.3 is 10.0 Å². The van der Waals surface area contributed by atoms with Crippen molar-refractivity contribution in [3.8, 4) is 0 Å². The van der Waals surface area contributed by atoms with Crippen LogP contribution < -0.4 is 0 Å². The van der Waals surface area contributed by atoms with E-state index in [0.29, 0.717) is 5.56 Å². The van der Waals surface area contributed by atoms with E-state index in [9.17, 15) is 14.7 Å². The summed E-state index contributed by atoms with van der Waals surface area (Å²) in [5.41, 5.74) is 0.00416. The number of benzene rings is 2. The number of amides is 1. The topological polar surface area (TPSA) is 57.6 Å². The molecule has 3 rings (SSSR count). The number of rotatable bonds is 4. The van der Waals surface area contributed by atoms with Gasteiger partial charge in [-0.2, -0.15) is 0 Å². The molecule has 2 aromatic rings. The maximum Gasteiger partial charge on any atom is 0.334 e. The maximum absolute atomic E-state index is 13.0. The van der Waals surface area contributed by atoms with Crippen LogP contribution in [0, 0.1) is 0 Å². The first kappa shape index (κ1) is 16.0. The molecule has 1 heterocycles. The Labute approximate surface area is 141 Å². The van der Waals surface area contributed by atoms with Gasteiger partial charge >= 0.3 is 5.97 Å². The maximum atomic E-state index is 13.0. The van der Waals surface area contributed by atoms with Crippen LogP contribution in [0.4, 0.5) is 0 Å². The highest BCUT2D eigenvalue weighted by atomic mass is 16.4. The fourth-order valence-electron chi connectivity index (χ4n) is 3.22. The summed E-state index contributed by atoms with van der Waals surface area (Å²) in [5, 5.41) is 9.96. The molecule has 0 saturated heterocycles. The smallest absolute Gasteiger partial charge is 0.334 e. The van der Waals surface area contributed by atoms with Crippen molar-refractivity contribution < 1.29 is 14.7 Å². The summed E-state index contributed by atoms with van der Waals surface area (Å²) in [4.78, 5) is 26.6. The van der Waals surface area contributed by atoms with Crippen molar-refractivity contribution in [1.29, 1.82) is 0 Å². The minimum atomic E-state index is -1.37. The van der Waals surface area contributed by atoms with Gasteiger partial charge in [0.2, 0.25) is 0 Å². The van der Waals surface area contributed by atoms with Gasteiger partial charge in [-0.15, -0.1) is 0 Å². The van der Waals surface area contributed by atoms with E-state index in [2.05, 4.69) is 0 Å². The van der Waals surface area contributed by atoms with Crippen LogP contribution in [0.15, 0.2) is 72.8 Å².